The number of thioether (sulfide) groups is 1. The van der Waals surface area contributed by atoms with Crippen molar-refractivity contribution in [2.24, 2.45) is 0 Å². The minimum Gasteiger partial charge on any atom is -0.373 e. The number of ether oxygens (including phenoxy) is 1. The quantitative estimate of drug-likeness (QED) is 0.818. The topological polar surface area (TPSA) is 59.5 Å². The molecule has 1 aromatic rings. The molecule has 7 heteroatoms. The minimum atomic E-state index is -3.10. The first-order chi connectivity index (χ1) is 10.4. The Bertz CT molecular complexity index is 613. The van der Waals surface area contributed by atoms with Gasteiger partial charge in [0.25, 0.3) is 0 Å². The van der Waals surface area contributed by atoms with Crippen LogP contribution in [0.15, 0.2) is 24.5 Å². The van der Waals surface area contributed by atoms with Crippen LogP contribution in [0.3, 0.4) is 0 Å². The molecule has 1 spiro atoms. The molecular formula is C15H22N2O3S2. The first kappa shape index (κ1) is 16.2. The van der Waals surface area contributed by atoms with Gasteiger partial charge >= 0.3 is 0 Å². The second-order valence-corrected chi connectivity index (χ2v) is 10.3. The van der Waals surface area contributed by atoms with Crippen molar-refractivity contribution in [3.8, 4) is 0 Å². The molecule has 0 saturated carbocycles. The van der Waals surface area contributed by atoms with Crippen LogP contribution >= 0.6 is 11.8 Å². The van der Waals surface area contributed by atoms with E-state index in [0.717, 1.165) is 17.7 Å². The summed E-state index contributed by atoms with van der Waals surface area (Å²) in [5.74, 6) is 0.945. The average molecular weight is 342 g/mol. The summed E-state index contributed by atoms with van der Waals surface area (Å²) >= 11 is 1.86. The Morgan fingerprint density at radius 3 is 2.73 bits per heavy atom. The standard InChI is InChI=1S/C15H22N2O3S2/c1-12(2)22(18,19)17-10-15(11-17)7-14(9-21-15)20-8-13-3-5-16-6-4-13/h3-6,12,14H,7-11H2,1-2H3/t14-/m0/s1. The van der Waals surface area contributed by atoms with Gasteiger partial charge in [-0.2, -0.15) is 4.31 Å². The van der Waals surface area contributed by atoms with Gasteiger partial charge in [0.15, 0.2) is 0 Å². The smallest absolute Gasteiger partial charge is 0.216 e. The molecule has 0 aliphatic carbocycles. The molecule has 122 valence electrons. The van der Waals surface area contributed by atoms with Gasteiger partial charge in [0.1, 0.15) is 0 Å². The molecule has 2 aliphatic heterocycles. The maximum atomic E-state index is 12.1. The van der Waals surface area contributed by atoms with Crippen molar-refractivity contribution in [2.75, 3.05) is 18.8 Å². The fourth-order valence-electron chi connectivity index (χ4n) is 2.90. The lowest BCUT2D eigenvalue weighted by Gasteiger charge is -2.47. The Labute approximate surface area is 136 Å². The Hall–Kier alpha value is -0.630. The van der Waals surface area contributed by atoms with Gasteiger partial charge in [-0.05, 0) is 38.0 Å². The lowest BCUT2D eigenvalue weighted by molar-refractivity contribution is 0.0396. The highest BCUT2D eigenvalue weighted by Crippen LogP contribution is 2.47. The summed E-state index contributed by atoms with van der Waals surface area (Å²) in [6.45, 7) is 5.34. The van der Waals surface area contributed by atoms with Gasteiger partial charge in [0.05, 0.1) is 18.0 Å². The maximum absolute atomic E-state index is 12.1. The largest absolute Gasteiger partial charge is 0.373 e. The maximum Gasteiger partial charge on any atom is 0.216 e. The van der Waals surface area contributed by atoms with E-state index in [2.05, 4.69) is 4.98 Å². The average Bonchev–Trinajstić information content (AvgIpc) is 2.89. The van der Waals surface area contributed by atoms with Crippen LogP contribution in [-0.2, 0) is 21.4 Å². The van der Waals surface area contributed by atoms with E-state index in [0.29, 0.717) is 19.7 Å². The number of sulfonamides is 1. The van der Waals surface area contributed by atoms with Crippen LogP contribution in [0.4, 0.5) is 0 Å². The van der Waals surface area contributed by atoms with E-state index in [4.69, 9.17) is 4.74 Å². The van der Waals surface area contributed by atoms with E-state index in [1.165, 1.54) is 0 Å². The summed E-state index contributed by atoms with van der Waals surface area (Å²) in [4.78, 5) is 3.99. The summed E-state index contributed by atoms with van der Waals surface area (Å²) in [7, 11) is -3.10. The predicted molar refractivity (Wildman–Crippen MR) is 88.2 cm³/mol. The summed E-state index contributed by atoms with van der Waals surface area (Å²) in [5, 5.41) is -0.338. The molecule has 0 bridgehead atoms. The predicted octanol–water partition coefficient (Wildman–Crippen LogP) is 1.90. The number of rotatable bonds is 5. The number of pyridine rings is 1. The summed E-state index contributed by atoms with van der Waals surface area (Å²) < 4.78 is 31.9. The molecule has 5 nitrogen and oxygen atoms in total. The Balaban J connectivity index is 1.50. The zero-order valence-electron chi connectivity index (χ0n) is 12.9. The third-order valence-electron chi connectivity index (χ3n) is 4.29. The lowest BCUT2D eigenvalue weighted by Crippen LogP contribution is -2.61. The Morgan fingerprint density at radius 2 is 2.09 bits per heavy atom. The van der Waals surface area contributed by atoms with Gasteiger partial charge in [-0.25, -0.2) is 8.42 Å². The monoisotopic (exact) mass is 342 g/mol. The van der Waals surface area contributed by atoms with Gasteiger partial charge < -0.3 is 4.74 Å². The zero-order valence-corrected chi connectivity index (χ0v) is 14.6. The molecule has 1 aromatic heterocycles. The van der Waals surface area contributed by atoms with Gasteiger partial charge in [-0.1, -0.05) is 0 Å². The molecule has 3 rings (SSSR count). The number of hydrogen-bond donors (Lipinski definition) is 0. The normalized spacial score (nSPS) is 24.8. The first-order valence-corrected chi connectivity index (χ1v) is 10.0. The van der Waals surface area contributed by atoms with E-state index in [1.807, 2.05) is 23.9 Å². The third kappa shape index (κ3) is 3.18. The van der Waals surface area contributed by atoms with Crippen LogP contribution < -0.4 is 0 Å². The Morgan fingerprint density at radius 1 is 1.41 bits per heavy atom. The van der Waals surface area contributed by atoms with Crippen molar-refractivity contribution in [1.29, 1.82) is 0 Å². The molecule has 0 unspecified atom stereocenters. The third-order valence-corrected chi connectivity index (χ3v) is 8.04. The van der Waals surface area contributed by atoms with Crippen LogP contribution in [0, 0.1) is 0 Å². The number of hydrogen-bond acceptors (Lipinski definition) is 5. The highest BCUT2D eigenvalue weighted by atomic mass is 32.2. The molecule has 0 aromatic carbocycles. The van der Waals surface area contributed by atoms with Gasteiger partial charge in [-0.3, -0.25) is 4.98 Å². The second kappa shape index (κ2) is 6.11. The molecule has 0 radical (unpaired) electrons. The van der Waals surface area contributed by atoms with E-state index in [1.54, 1.807) is 30.5 Å². The zero-order chi connectivity index (χ0) is 15.8. The van der Waals surface area contributed by atoms with E-state index in [-0.39, 0.29) is 16.1 Å². The molecule has 1 atom stereocenters. The van der Waals surface area contributed by atoms with Crippen LogP contribution in [0.2, 0.25) is 0 Å². The fourth-order valence-corrected chi connectivity index (χ4v) is 6.06. The highest BCUT2D eigenvalue weighted by molar-refractivity contribution is 8.01. The van der Waals surface area contributed by atoms with Gasteiger partial charge in [0.2, 0.25) is 10.0 Å². The Kier molecular flexibility index (Phi) is 4.51. The lowest BCUT2D eigenvalue weighted by atomic mass is 9.95. The van der Waals surface area contributed by atoms with Crippen molar-refractivity contribution >= 4 is 21.8 Å². The molecule has 2 saturated heterocycles. The molecule has 3 heterocycles. The van der Waals surface area contributed by atoms with Crippen molar-refractivity contribution in [2.45, 2.75) is 43.0 Å². The van der Waals surface area contributed by atoms with E-state index in [9.17, 15) is 8.42 Å². The SMILES string of the molecule is CC(C)S(=O)(=O)N1CC2(C[C@H](OCc3ccncc3)CS2)C1. The molecule has 0 amide bonds. The summed E-state index contributed by atoms with van der Waals surface area (Å²) in [6.07, 6.45) is 4.68. The van der Waals surface area contributed by atoms with Gasteiger partial charge in [-0.15, -0.1) is 11.8 Å². The highest BCUT2D eigenvalue weighted by Gasteiger charge is 2.53. The molecule has 2 aliphatic rings. The number of aromatic nitrogens is 1. The minimum absolute atomic E-state index is 0.0743. The first-order valence-electron chi connectivity index (χ1n) is 7.55. The molecular weight excluding hydrogens is 320 g/mol. The van der Waals surface area contributed by atoms with E-state index < -0.39 is 10.0 Å². The summed E-state index contributed by atoms with van der Waals surface area (Å²) in [5.41, 5.74) is 1.12. The van der Waals surface area contributed by atoms with Crippen LogP contribution in [0.1, 0.15) is 25.8 Å². The van der Waals surface area contributed by atoms with Crippen molar-refractivity contribution in [1.82, 2.24) is 9.29 Å². The van der Waals surface area contributed by atoms with Crippen LogP contribution in [0.5, 0.6) is 0 Å². The van der Waals surface area contributed by atoms with Crippen molar-refractivity contribution < 1.29 is 13.2 Å². The van der Waals surface area contributed by atoms with E-state index >= 15 is 0 Å². The summed E-state index contributed by atoms with van der Waals surface area (Å²) in [6, 6.07) is 3.91. The fraction of sp³-hybridized carbons (Fsp3) is 0.667. The van der Waals surface area contributed by atoms with Crippen LogP contribution in [0.25, 0.3) is 0 Å². The van der Waals surface area contributed by atoms with Crippen molar-refractivity contribution in [3.05, 3.63) is 30.1 Å². The molecule has 0 N–H and O–H groups in total. The molecule has 2 fully saturated rings. The second-order valence-electron chi connectivity index (χ2n) is 6.35. The molecule has 22 heavy (non-hydrogen) atoms. The van der Waals surface area contributed by atoms with Crippen LogP contribution in [-0.4, -0.2) is 52.7 Å². The van der Waals surface area contributed by atoms with Gasteiger partial charge in [0, 0.05) is 36.0 Å². The number of nitrogens with zero attached hydrogens (tertiary/aromatic N) is 2. The van der Waals surface area contributed by atoms with Crippen molar-refractivity contribution in [3.63, 3.8) is 0 Å².